The number of nitrogens with one attached hydrogen (secondary N) is 1. The molecule has 0 unspecified atom stereocenters. The average Bonchev–Trinajstić information content (AvgIpc) is 3.32. The van der Waals surface area contributed by atoms with E-state index in [-0.39, 0.29) is 5.91 Å². The van der Waals surface area contributed by atoms with E-state index in [0.29, 0.717) is 29.8 Å². The molecule has 3 rings (SSSR count). The third-order valence-corrected chi connectivity index (χ3v) is 3.40. The van der Waals surface area contributed by atoms with Crippen molar-refractivity contribution in [3.05, 3.63) is 47.8 Å². The van der Waals surface area contributed by atoms with E-state index >= 15 is 0 Å². The molecule has 0 radical (unpaired) electrons. The molecule has 2 aromatic rings. The summed E-state index contributed by atoms with van der Waals surface area (Å²) in [4.78, 5) is 20.5. The van der Waals surface area contributed by atoms with Crippen LogP contribution in [-0.4, -0.2) is 22.5 Å². The SMILES string of the molecule is Cc1cccnc1NC(=O)c1ccnc(OCC2CC2)c1. The van der Waals surface area contributed by atoms with Crippen molar-refractivity contribution >= 4 is 11.7 Å². The molecule has 0 aliphatic heterocycles. The number of carbonyl (C=O) groups is 1. The van der Waals surface area contributed by atoms with Gasteiger partial charge in [0, 0.05) is 24.0 Å². The van der Waals surface area contributed by atoms with Gasteiger partial charge in [-0.1, -0.05) is 6.07 Å². The number of carbonyl (C=O) groups excluding carboxylic acids is 1. The third kappa shape index (κ3) is 3.56. The Hall–Kier alpha value is -2.43. The van der Waals surface area contributed by atoms with E-state index in [9.17, 15) is 4.79 Å². The first kappa shape index (κ1) is 13.5. The van der Waals surface area contributed by atoms with Gasteiger partial charge in [-0.3, -0.25) is 4.79 Å². The molecule has 2 heterocycles. The summed E-state index contributed by atoms with van der Waals surface area (Å²) in [6.07, 6.45) is 5.68. The maximum absolute atomic E-state index is 12.2. The lowest BCUT2D eigenvalue weighted by atomic mass is 10.2. The van der Waals surface area contributed by atoms with Gasteiger partial charge in [0.25, 0.3) is 5.91 Å². The maximum Gasteiger partial charge on any atom is 0.257 e. The fraction of sp³-hybridized carbons (Fsp3) is 0.312. The van der Waals surface area contributed by atoms with Crippen LogP contribution in [0.5, 0.6) is 5.88 Å². The van der Waals surface area contributed by atoms with E-state index in [2.05, 4.69) is 15.3 Å². The number of rotatable bonds is 5. The molecule has 0 atom stereocenters. The van der Waals surface area contributed by atoms with Gasteiger partial charge in [0.05, 0.1) is 6.61 Å². The van der Waals surface area contributed by atoms with Crippen molar-refractivity contribution in [2.24, 2.45) is 5.92 Å². The summed E-state index contributed by atoms with van der Waals surface area (Å²) < 4.78 is 5.59. The largest absolute Gasteiger partial charge is 0.477 e. The highest BCUT2D eigenvalue weighted by molar-refractivity contribution is 6.04. The van der Waals surface area contributed by atoms with Gasteiger partial charge < -0.3 is 10.1 Å². The minimum absolute atomic E-state index is 0.213. The molecular weight excluding hydrogens is 266 g/mol. The number of nitrogens with zero attached hydrogens (tertiary/aromatic N) is 2. The first-order valence-electron chi connectivity index (χ1n) is 7.04. The number of pyridine rings is 2. The van der Waals surface area contributed by atoms with Crippen molar-refractivity contribution < 1.29 is 9.53 Å². The highest BCUT2D eigenvalue weighted by Gasteiger charge is 2.22. The molecule has 5 heteroatoms. The fourth-order valence-corrected chi connectivity index (χ4v) is 1.91. The Morgan fingerprint density at radius 2 is 2.19 bits per heavy atom. The number of amides is 1. The predicted octanol–water partition coefficient (Wildman–Crippen LogP) is 2.83. The summed E-state index contributed by atoms with van der Waals surface area (Å²) in [5, 5.41) is 2.80. The zero-order chi connectivity index (χ0) is 14.7. The highest BCUT2D eigenvalue weighted by Crippen LogP contribution is 2.29. The number of hydrogen-bond donors (Lipinski definition) is 1. The van der Waals surface area contributed by atoms with Crippen LogP contribution in [0.25, 0.3) is 0 Å². The Labute approximate surface area is 123 Å². The summed E-state index contributed by atoms with van der Waals surface area (Å²) >= 11 is 0. The average molecular weight is 283 g/mol. The predicted molar refractivity (Wildman–Crippen MR) is 79.4 cm³/mol. The van der Waals surface area contributed by atoms with Crippen LogP contribution in [0.2, 0.25) is 0 Å². The molecule has 0 saturated heterocycles. The lowest BCUT2D eigenvalue weighted by Crippen LogP contribution is -2.14. The van der Waals surface area contributed by atoms with Crippen LogP contribution in [0.15, 0.2) is 36.7 Å². The molecule has 21 heavy (non-hydrogen) atoms. The normalized spacial score (nSPS) is 13.8. The summed E-state index contributed by atoms with van der Waals surface area (Å²) in [5.41, 5.74) is 1.44. The lowest BCUT2D eigenvalue weighted by molar-refractivity contribution is 0.102. The van der Waals surface area contributed by atoms with Gasteiger partial charge in [-0.25, -0.2) is 9.97 Å². The number of aryl methyl sites for hydroxylation is 1. The molecule has 0 bridgehead atoms. The number of ether oxygens (including phenoxy) is 1. The lowest BCUT2D eigenvalue weighted by Gasteiger charge is -2.08. The summed E-state index contributed by atoms with van der Waals surface area (Å²) in [6.45, 7) is 2.58. The van der Waals surface area contributed by atoms with Crippen LogP contribution < -0.4 is 10.1 Å². The van der Waals surface area contributed by atoms with Gasteiger partial charge >= 0.3 is 0 Å². The summed E-state index contributed by atoms with van der Waals surface area (Å²) in [7, 11) is 0. The van der Waals surface area contributed by atoms with Gasteiger partial charge in [-0.05, 0) is 43.4 Å². The van der Waals surface area contributed by atoms with Crippen LogP contribution in [0.3, 0.4) is 0 Å². The van der Waals surface area contributed by atoms with Crippen LogP contribution in [0, 0.1) is 12.8 Å². The van der Waals surface area contributed by atoms with Gasteiger partial charge in [-0.2, -0.15) is 0 Å². The summed E-state index contributed by atoms with van der Waals surface area (Å²) in [6, 6.07) is 7.06. The molecule has 108 valence electrons. The van der Waals surface area contributed by atoms with Crippen LogP contribution >= 0.6 is 0 Å². The van der Waals surface area contributed by atoms with E-state index in [1.807, 2.05) is 19.1 Å². The van der Waals surface area contributed by atoms with Crippen LogP contribution in [-0.2, 0) is 0 Å². The number of hydrogen-bond acceptors (Lipinski definition) is 4. The Morgan fingerprint density at radius 1 is 1.33 bits per heavy atom. The molecule has 0 spiro atoms. The van der Waals surface area contributed by atoms with Gasteiger partial charge in [0.1, 0.15) is 5.82 Å². The molecule has 1 aliphatic rings. The van der Waals surface area contributed by atoms with Crippen molar-refractivity contribution in [3.63, 3.8) is 0 Å². The van der Waals surface area contributed by atoms with E-state index in [4.69, 9.17) is 4.74 Å². The topological polar surface area (TPSA) is 64.1 Å². The van der Waals surface area contributed by atoms with Gasteiger partial charge in [-0.15, -0.1) is 0 Å². The number of anilines is 1. The molecule has 0 aromatic carbocycles. The van der Waals surface area contributed by atoms with E-state index in [1.54, 1.807) is 24.5 Å². The van der Waals surface area contributed by atoms with Crippen LogP contribution in [0.1, 0.15) is 28.8 Å². The number of aromatic nitrogens is 2. The zero-order valence-corrected chi connectivity index (χ0v) is 11.9. The Balaban J connectivity index is 1.68. The second-order valence-electron chi connectivity index (χ2n) is 5.26. The quantitative estimate of drug-likeness (QED) is 0.916. The van der Waals surface area contributed by atoms with Crippen LogP contribution in [0.4, 0.5) is 5.82 Å². The molecule has 1 N–H and O–H groups in total. The molecule has 5 nitrogen and oxygen atoms in total. The zero-order valence-electron chi connectivity index (χ0n) is 11.9. The smallest absolute Gasteiger partial charge is 0.257 e. The Kier molecular flexibility index (Phi) is 3.81. The van der Waals surface area contributed by atoms with Crippen molar-refractivity contribution in [3.8, 4) is 5.88 Å². The monoisotopic (exact) mass is 283 g/mol. The van der Waals surface area contributed by atoms with Crippen molar-refractivity contribution in [2.75, 3.05) is 11.9 Å². The summed E-state index contributed by atoms with van der Waals surface area (Å²) in [5.74, 6) is 1.50. The minimum atomic E-state index is -0.213. The first-order valence-corrected chi connectivity index (χ1v) is 7.04. The minimum Gasteiger partial charge on any atom is -0.477 e. The van der Waals surface area contributed by atoms with Gasteiger partial charge in [0.15, 0.2) is 0 Å². The van der Waals surface area contributed by atoms with E-state index in [1.165, 1.54) is 12.8 Å². The van der Waals surface area contributed by atoms with Crippen molar-refractivity contribution in [2.45, 2.75) is 19.8 Å². The van der Waals surface area contributed by atoms with E-state index < -0.39 is 0 Å². The molecular formula is C16H17N3O2. The van der Waals surface area contributed by atoms with Crippen molar-refractivity contribution in [1.82, 2.24) is 9.97 Å². The molecule has 1 aliphatic carbocycles. The standard InChI is InChI=1S/C16H17N3O2/c1-11-3-2-7-18-15(11)19-16(20)13-6-8-17-14(9-13)21-10-12-4-5-12/h2-3,6-9,12H,4-5,10H2,1H3,(H,18,19,20). The Bertz CT molecular complexity index is 653. The van der Waals surface area contributed by atoms with Gasteiger partial charge in [0.2, 0.25) is 5.88 Å². The highest BCUT2D eigenvalue weighted by atomic mass is 16.5. The third-order valence-electron chi connectivity index (χ3n) is 3.40. The fourth-order valence-electron chi connectivity index (χ4n) is 1.91. The first-order chi connectivity index (χ1) is 10.2. The molecule has 1 amide bonds. The second kappa shape index (κ2) is 5.91. The molecule has 1 fully saturated rings. The Morgan fingerprint density at radius 3 is 2.95 bits per heavy atom. The molecule has 1 saturated carbocycles. The van der Waals surface area contributed by atoms with Crippen molar-refractivity contribution in [1.29, 1.82) is 0 Å². The second-order valence-corrected chi connectivity index (χ2v) is 5.26. The van der Waals surface area contributed by atoms with E-state index in [0.717, 1.165) is 5.56 Å². The maximum atomic E-state index is 12.2. The molecule has 2 aromatic heterocycles.